The van der Waals surface area contributed by atoms with E-state index < -0.39 is 10.0 Å². The van der Waals surface area contributed by atoms with Gasteiger partial charge in [-0.05, 0) is 55.8 Å². The van der Waals surface area contributed by atoms with Crippen LogP contribution in [0.3, 0.4) is 0 Å². The summed E-state index contributed by atoms with van der Waals surface area (Å²) in [4.78, 5) is 0.195. The first kappa shape index (κ1) is 15.3. The first-order valence-corrected chi connectivity index (χ1v) is 7.89. The summed E-state index contributed by atoms with van der Waals surface area (Å²) in [5.41, 5.74) is 2.19. The van der Waals surface area contributed by atoms with Crippen molar-refractivity contribution in [2.75, 3.05) is 7.11 Å². The van der Waals surface area contributed by atoms with Gasteiger partial charge in [-0.1, -0.05) is 17.7 Å². The Hall–Kier alpha value is -2.14. The highest BCUT2D eigenvalue weighted by Gasteiger charge is 2.13. The van der Waals surface area contributed by atoms with E-state index in [1.807, 2.05) is 6.92 Å². The molecule has 0 aromatic heterocycles. The molecular weight excluding hydrogens is 286 g/mol. The number of methoxy groups -OCH3 is 1. The maximum absolute atomic E-state index is 12.2. The van der Waals surface area contributed by atoms with E-state index in [4.69, 9.17) is 4.74 Å². The lowest BCUT2D eigenvalue weighted by molar-refractivity contribution is 0.415. The molecule has 0 aliphatic heterocycles. The zero-order valence-corrected chi connectivity index (χ0v) is 13.0. The Balaban J connectivity index is 2.33. The van der Waals surface area contributed by atoms with Crippen LogP contribution in [0, 0.1) is 6.92 Å². The largest absolute Gasteiger partial charge is 0.497 e. The number of rotatable bonds is 4. The van der Waals surface area contributed by atoms with Gasteiger partial charge in [-0.3, -0.25) is 0 Å². The third-order valence-electron chi connectivity index (χ3n) is 3.08. The van der Waals surface area contributed by atoms with Gasteiger partial charge < -0.3 is 4.74 Å². The van der Waals surface area contributed by atoms with Crippen LogP contribution in [0.1, 0.15) is 18.1 Å². The summed E-state index contributed by atoms with van der Waals surface area (Å²) in [6, 6.07) is 13.7. The summed E-state index contributed by atoms with van der Waals surface area (Å²) in [6.45, 7) is 3.58. The fourth-order valence-electron chi connectivity index (χ4n) is 1.83. The third kappa shape index (κ3) is 3.70. The summed E-state index contributed by atoms with van der Waals surface area (Å²) in [6.07, 6.45) is 0. The fourth-order valence-corrected chi connectivity index (χ4v) is 2.88. The topological polar surface area (TPSA) is 55.7 Å². The molecule has 0 atom stereocenters. The summed E-state index contributed by atoms with van der Waals surface area (Å²) in [7, 11) is -2.10. The number of sulfonamides is 1. The number of nitrogens with zero attached hydrogens (tertiary/aromatic N) is 1. The van der Waals surface area contributed by atoms with E-state index in [0.29, 0.717) is 11.5 Å². The first-order valence-electron chi connectivity index (χ1n) is 6.45. The molecule has 0 spiro atoms. The van der Waals surface area contributed by atoms with Gasteiger partial charge in [0, 0.05) is 0 Å². The summed E-state index contributed by atoms with van der Waals surface area (Å²) in [5, 5.41) is 0. The first-order chi connectivity index (χ1) is 9.92. The molecule has 0 saturated heterocycles. The molecule has 0 amide bonds. The van der Waals surface area contributed by atoms with Crippen LogP contribution in [0.5, 0.6) is 5.75 Å². The van der Waals surface area contributed by atoms with E-state index in [9.17, 15) is 8.42 Å². The highest BCUT2D eigenvalue weighted by molar-refractivity contribution is 7.90. The van der Waals surface area contributed by atoms with Gasteiger partial charge in [0.1, 0.15) is 5.75 Å². The smallest absolute Gasteiger partial charge is 0.282 e. The van der Waals surface area contributed by atoms with E-state index in [1.165, 1.54) is 0 Å². The Morgan fingerprint density at radius 1 is 1.00 bits per heavy atom. The zero-order valence-electron chi connectivity index (χ0n) is 12.2. The van der Waals surface area contributed by atoms with Gasteiger partial charge in [-0.25, -0.2) is 0 Å². The van der Waals surface area contributed by atoms with Gasteiger partial charge in [0.2, 0.25) is 0 Å². The van der Waals surface area contributed by atoms with E-state index in [0.717, 1.165) is 11.1 Å². The second kappa shape index (κ2) is 6.10. The van der Waals surface area contributed by atoms with Gasteiger partial charge in [-0.15, -0.1) is 0 Å². The van der Waals surface area contributed by atoms with E-state index in [-0.39, 0.29) is 4.90 Å². The minimum absolute atomic E-state index is 0.195. The lowest BCUT2D eigenvalue weighted by Gasteiger charge is -2.04. The van der Waals surface area contributed by atoms with Crippen LogP contribution in [-0.2, 0) is 10.0 Å². The number of hydrogen-bond donors (Lipinski definition) is 0. The number of ether oxygens (including phenoxy) is 1. The maximum atomic E-state index is 12.2. The summed E-state index contributed by atoms with van der Waals surface area (Å²) >= 11 is 0. The van der Waals surface area contributed by atoms with Crippen LogP contribution in [0.15, 0.2) is 57.8 Å². The van der Waals surface area contributed by atoms with Crippen molar-refractivity contribution < 1.29 is 13.2 Å². The minimum Gasteiger partial charge on any atom is -0.497 e. The van der Waals surface area contributed by atoms with Crippen LogP contribution in [0.4, 0.5) is 0 Å². The third-order valence-corrected chi connectivity index (χ3v) is 4.47. The van der Waals surface area contributed by atoms with E-state index in [1.54, 1.807) is 62.6 Å². The summed E-state index contributed by atoms with van der Waals surface area (Å²) in [5.74, 6) is 0.716. The predicted octanol–water partition coefficient (Wildman–Crippen LogP) is 3.20. The molecule has 0 heterocycles. The molecule has 0 aliphatic carbocycles. The van der Waals surface area contributed by atoms with Gasteiger partial charge in [0.15, 0.2) is 0 Å². The van der Waals surface area contributed by atoms with Crippen molar-refractivity contribution in [3.8, 4) is 5.75 Å². The van der Waals surface area contributed by atoms with Crippen LogP contribution in [-0.4, -0.2) is 21.2 Å². The van der Waals surface area contributed by atoms with Crippen LogP contribution in [0.2, 0.25) is 0 Å². The van der Waals surface area contributed by atoms with Crippen molar-refractivity contribution in [1.82, 2.24) is 0 Å². The van der Waals surface area contributed by atoms with Crippen LogP contribution < -0.4 is 4.74 Å². The molecule has 4 nitrogen and oxygen atoms in total. The van der Waals surface area contributed by atoms with E-state index in [2.05, 4.69) is 4.40 Å². The van der Waals surface area contributed by atoms with Crippen molar-refractivity contribution in [3.05, 3.63) is 59.7 Å². The fraction of sp³-hybridized carbons (Fsp3) is 0.188. The standard InChI is InChI=1S/C16H17NO3S/c1-12-4-10-16(11-5-12)21(18,19)17-13(2)14-6-8-15(20-3)9-7-14/h4-11H,1-3H3/b17-13-. The monoisotopic (exact) mass is 303 g/mol. The average Bonchev–Trinajstić information content (AvgIpc) is 2.47. The Morgan fingerprint density at radius 2 is 1.57 bits per heavy atom. The van der Waals surface area contributed by atoms with Gasteiger partial charge in [0.05, 0.1) is 17.7 Å². The molecule has 0 unspecified atom stereocenters. The van der Waals surface area contributed by atoms with Crippen LogP contribution in [0.25, 0.3) is 0 Å². The van der Waals surface area contributed by atoms with Crippen LogP contribution >= 0.6 is 0 Å². The minimum atomic E-state index is -3.68. The summed E-state index contributed by atoms with van der Waals surface area (Å²) < 4.78 is 33.4. The van der Waals surface area contributed by atoms with Gasteiger partial charge in [-0.2, -0.15) is 12.8 Å². The van der Waals surface area contributed by atoms with E-state index >= 15 is 0 Å². The zero-order chi connectivity index (χ0) is 15.5. The Labute approximate surface area is 125 Å². The van der Waals surface area contributed by atoms with Gasteiger partial charge in [0.25, 0.3) is 10.0 Å². The Morgan fingerprint density at radius 3 is 2.10 bits per heavy atom. The highest BCUT2D eigenvalue weighted by atomic mass is 32.2. The number of benzene rings is 2. The maximum Gasteiger partial charge on any atom is 0.282 e. The molecule has 0 saturated carbocycles. The van der Waals surface area contributed by atoms with Crippen molar-refractivity contribution in [3.63, 3.8) is 0 Å². The highest BCUT2D eigenvalue weighted by Crippen LogP contribution is 2.16. The molecule has 0 fully saturated rings. The second-order valence-electron chi connectivity index (χ2n) is 4.69. The van der Waals surface area contributed by atoms with Gasteiger partial charge >= 0.3 is 0 Å². The average molecular weight is 303 g/mol. The molecule has 110 valence electrons. The molecule has 2 aromatic rings. The molecule has 0 bridgehead atoms. The quantitative estimate of drug-likeness (QED) is 0.815. The lowest BCUT2D eigenvalue weighted by atomic mass is 10.1. The molecule has 0 N–H and O–H groups in total. The predicted molar refractivity (Wildman–Crippen MR) is 83.6 cm³/mol. The molecule has 5 heteroatoms. The molecule has 2 rings (SSSR count). The molecule has 2 aromatic carbocycles. The molecule has 0 aliphatic rings. The number of aryl methyl sites for hydroxylation is 1. The molecule has 0 radical (unpaired) electrons. The Kier molecular flexibility index (Phi) is 4.43. The molecular formula is C16H17NO3S. The van der Waals surface area contributed by atoms with Crippen molar-refractivity contribution in [1.29, 1.82) is 0 Å². The molecule has 21 heavy (non-hydrogen) atoms. The lowest BCUT2D eigenvalue weighted by Crippen LogP contribution is -2.03. The second-order valence-corrected chi connectivity index (χ2v) is 6.30. The SMILES string of the molecule is COc1ccc(/C(C)=N\S(=O)(=O)c2ccc(C)cc2)cc1. The normalized spacial score (nSPS) is 12.2. The van der Waals surface area contributed by atoms with Crippen molar-refractivity contribution in [2.45, 2.75) is 18.7 Å². The Bertz CT molecular complexity index is 745. The van der Waals surface area contributed by atoms with Crippen molar-refractivity contribution in [2.24, 2.45) is 4.40 Å². The van der Waals surface area contributed by atoms with Crippen molar-refractivity contribution >= 4 is 15.7 Å². The number of hydrogen-bond acceptors (Lipinski definition) is 3.